The van der Waals surface area contributed by atoms with Gasteiger partial charge in [-0.25, -0.2) is 0 Å². The van der Waals surface area contributed by atoms with Crippen molar-refractivity contribution in [3.8, 4) is 5.75 Å². The van der Waals surface area contributed by atoms with Gasteiger partial charge in [0.1, 0.15) is 5.75 Å². The van der Waals surface area contributed by atoms with Crippen LogP contribution >= 0.6 is 0 Å². The Kier molecular flexibility index (Phi) is 9.10. The fourth-order valence-corrected chi connectivity index (χ4v) is 5.43. The molecule has 0 unspecified atom stereocenters. The van der Waals surface area contributed by atoms with E-state index < -0.39 is 0 Å². The molecule has 0 fully saturated rings. The van der Waals surface area contributed by atoms with Crippen LogP contribution in [0, 0.1) is 0 Å². The monoisotopic (exact) mass is 569 g/mol. The third-order valence-corrected chi connectivity index (χ3v) is 7.69. The summed E-state index contributed by atoms with van der Waals surface area (Å²) in [6.45, 7) is 0.701. The minimum Gasteiger partial charge on any atom is -0.497 e. The summed E-state index contributed by atoms with van der Waals surface area (Å²) in [4.78, 5) is 2.38. The van der Waals surface area contributed by atoms with E-state index in [1.165, 1.54) is 44.2 Å². The highest BCUT2D eigenvalue weighted by molar-refractivity contribution is 6.00. The summed E-state index contributed by atoms with van der Waals surface area (Å²) in [5, 5.41) is 2.41. The number of hydrogen-bond donors (Lipinski definition) is 0. The van der Waals surface area contributed by atoms with Crippen LogP contribution in [-0.2, 0) is 6.54 Å². The van der Waals surface area contributed by atoms with Crippen molar-refractivity contribution in [1.82, 2.24) is 0 Å². The Bertz CT molecular complexity index is 1850. The highest BCUT2D eigenvalue weighted by Crippen LogP contribution is 2.34. The van der Waals surface area contributed by atoms with Crippen LogP contribution in [0.15, 0.2) is 170 Å². The standard InChI is InChI=1S/C42H35NO/c1-44-38-28-25-34(26-29-38)31-43(32-41(35-18-7-3-8-19-35)36-20-9-4-10-21-36)42-30-27-37(39-23-13-14-24-40(39)42)22-12-11-17-33-15-5-2-6-16-33/h2-30,32H,31H2,1H3/b17-11+,22-12+. The first-order valence-corrected chi connectivity index (χ1v) is 14.9. The van der Waals surface area contributed by atoms with Crippen LogP contribution in [0.5, 0.6) is 5.75 Å². The lowest BCUT2D eigenvalue weighted by molar-refractivity contribution is 0.414. The Morgan fingerprint density at radius 2 is 1.14 bits per heavy atom. The van der Waals surface area contributed by atoms with Gasteiger partial charge in [0.2, 0.25) is 0 Å². The zero-order chi connectivity index (χ0) is 30.0. The molecule has 0 heterocycles. The first-order valence-electron chi connectivity index (χ1n) is 14.9. The number of hydrogen-bond acceptors (Lipinski definition) is 2. The second-order valence-corrected chi connectivity index (χ2v) is 10.6. The Morgan fingerprint density at radius 1 is 0.568 bits per heavy atom. The van der Waals surface area contributed by atoms with Gasteiger partial charge in [0.05, 0.1) is 7.11 Å². The van der Waals surface area contributed by atoms with Gasteiger partial charge in [0, 0.05) is 29.4 Å². The van der Waals surface area contributed by atoms with Crippen molar-refractivity contribution in [2.75, 3.05) is 12.0 Å². The Labute approximate surface area is 260 Å². The van der Waals surface area contributed by atoms with E-state index in [0.717, 1.165) is 11.4 Å². The van der Waals surface area contributed by atoms with Crippen molar-refractivity contribution in [2.45, 2.75) is 6.54 Å². The first-order chi connectivity index (χ1) is 21.8. The van der Waals surface area contributed by atoms with Crippen molar-refractivity contribution >= 4 is 34.2 Å². The van der Waals surface area contributed by atoms with Gasteiger partial charge in [-0.2, -0.15) is 0 Å². The molecular weight excluding hydrogens is 534 g/mol. The van der Waals surface area contributed by atoms with E-state index in [1.807, 2.05) is 18.2 Å². The summed E-state index contributed by atoms with van der Waals surface area (Å²) in [7, 11) is 1.70. The predicted octanol–water partition coefficient (Wildman–Crippen LogP) is 10.7. The maximum absolute atomic E-state index is 5.44. The number of anilines is 1. The number of rotatable bonds is 10. The molecule has 0 radical (unpaired) electrons. The third kappa shape index (κ3) is 6.88. The summed E-state index contributed by atoms with van der Waals surface area (Å²) in [6, 6.07) is 53.1. The minimum absolute atomic E-state index is 0.701. The average molecular weight is 570 g/mol. The largest absolute Gasteiger partial charge is 0.497 e. The molecule has 0 aliphatic heterocycles. The number of allylic oxidation sites excluding steroid dienone is 2. The summed E-state index contributed by atoms with van der Waals surface area (Å²) >= 11 is 0. The molecule has 0 N–H and O–H groups in total. The van der Waals surface area contributed by atoms with Crippen molar-refractivity contribution in [1.29, 1.82) is 0 Å². The molecule has 0 spiro atoms. The minimum atomic E-state index is 0.701. The van der Waals surface area contributed by atoms with Gasteiger partial charge in [0.15, 0.2) is 0 Å². The van der Waals surface area contributed by atoms with Gasteiger partial charge in [-0.1, -0.05) is 158 Å². The van der Waals surface area contributed by atoms with Crippen molar-refractivity contribution in [2.24, 2.45) is 0 Å². The highest BCUT2D eigenvalue weighted by Gasteiger charge is 2.14. The molecule has 0 aromatic heterocycles. The Morgan fingerprint density at radius 3 is 1.77 bits per heavy atom. The lowest BCUT2D eigenvalue weighted by Gasteiger charge is -2.25. The van der Waals surface area contributed by atoms with E-state index >= 15 is 0 Å². The maximum Gasteiger partial charge on any atom is 0.118 e. The van der Waals surface area contributed by atoms with Crippen molar-refractivity contribution < 1.29 is 4.74 Å². The third-order valence-electron chi connectivity index (χ3n) is 7.69. The fourth-order valence-electron chi connectivity index (χ4n) is 5.43. The molecule has 0 amide bonds. The van der Waals surface area contributed by atoms with Crippen LogP contribution in [0.1, 0.15) is 27.8 Å². The zero-order valence-electron chi connectivity index (χ0n) is 24.9. The Balaban J connectivity index is 1.45. The molecule has 0 aliphatic carbocycles. The molecule has 6 aromatic carbocycles. The number of ether oxygens (including phenoxy) is 1. The van der Waals surface area contributed by atoms with Crippen LogP contribution in [0.4, 0.5) is 5.69 Å². The summed E-state index contributed by atoms with van der Waals surface area (Å²) in [5.74, 6) is 0.855. The van der Waals surface area contributed by atoms with Crippen LogP contribution in [0.25, 0.3) is 28.5 Å². The normalized spacial score (nSPS) is 11.2. The second-order valence-electron chi connectivity index (χ2n) is 10.6. The van der Waals surface area contributed by atoms with E-state index in [-0.39, 0.29) is 0 Å². The van der Waals surface area contributed by atoms with E-state index in [4.69, 9.17) is 4.74 Å². The van der Waals surface area contributed by atoms with Crippen LogP contribution < -0.4 is 9.64 Å². The molecule has 2 nitrogen and oxygen atoms in total. The van der Waals surface area contributed by atoms with Gasteiger partial charge < -0.3 is 9.64 Å². The lowest BCUT2D eigenvalue weighted by Crippen LogP contribution is -2.17. The molecule has 0 bridgehead atoms. The van der Waals surface area contributed by atoms with Crippen molar-refractivity contribution in [3.63, 3.8) is 0 Å². The SMILES string of the molecule is COc1ccc(CN(C=C(c2ccccc2)c2ccccc2)c2ccc(/C=C/C=C/c3ccccc3)c3ccccc23)cc1. The molecule has 0 saturated carbocycles. The topological polar surface area (TPSA) is 12.5 Å². The Hall–Kier alpha value is -5.60. The van der Waals surface area contributed by atoms with Crippen LogP contribution in [0.2, 0.25) is 0 Å². The average Bonchev–Trinajstić information content (AvgIpc) is 3.10. The van der Waals surface area contributed by atoms with Gasteiger partial charge >= 0.3 is 0 Å². The second kappa shape index (κ2) is 14.0. The zero-order valence-corrected chi connectivity index (χ0v) is 24.9. The van der Waals surface area contributed by atoms with E-state index in [1.54, 1.807) is 7.11 Å². The number of nitrogens with zero attached hydrogens (tertiary/aromatic N) is 1. The van der Waals surface area contributed by atoms with Crippen molar-refractivity contribution in [3.05, 3.63) is 198 Å². The first kappa shape index (κ1) is 28.5. The molecule has 0 aliphatic rings. The molecule has 6 rings (SSSR count). The highest BCUT2D eigenvalue weighted by atomic mass is 16.5. The van der Waals surface area contributed by atoms with Crippen LogP contribution in [0.3, 0.4) is 0 Å². The van der Waals surface area contributed by atoms with Gasteiger partial charge in [-0.3, -0.25) is 0 Å². The number of methoxy groups -OCH3 is 1. The molecule has 44 heavy (non-hydrogen) atoms. The molecule has 6 aromatic rings. The van der Waals surface area contributed by atoms with Gasteiger partial charge in [-0.05, 0) is 51.4 Å². The molecule has 0 saturated heterocycles. The van der Waals surface area contributed by atoms with Crippen LogP contribution in [-0.4, -0.2) is 7.11 Å². The van der Waals surface area contributed by atoms with Gasteiger partial charge in [0.25, 0.3) is 0 Å². The molecular formula is C42H35NO. The summed E-state index contributed by atoms with van der Waals surface area (Å²) < 4.78 is 5.44. The fraction of sp³-hybridized carbons (Fsp3) is 0.0476. The summed E-state index contributed by atoms with van der Waals surface area (Å²) in [5.41, 5.74) is 8.23. The molecule has 2 heteroatoms. The smallest absolute Gasteiger partial charge is 0.118 e. The molecule has 0 atom stereocenters. The van der Waals surface area contributed by atoms with E-state index in [0.29, 0.717) is 6.54 Å². The quantitative estimate of drug-likeness (QED) is 0.152. The number of fused-ring (bicyclic) bond motifs is 1. The predicted molar refractivity (Wildman–Crippen MR) is 188 cm³/mol. The summed E-state index contributed by atoms with van der Waals surface area (Å²) in [6.07, 6.45) is 10.8. The lowest BCUT2D eigenvalue weighted by atomic mass is 9.97. The maximum atomic E-state index is 5.44. The van der Waals surface area contributed by atoms with E-state index in [9.17, 15) is 0 Å². The molecule has 214 valence electrons. The number of benzene rings is 6. The van der Waals surface area contributed by atoms with E-state index in [2.05, 4.69) is 169 Å². The van der Waals surface area contributed by atoms with Gasteiger partial charge in [-0.15, -0.1) is 0 Å².